The average Bonchev–Trinajstić information content (AvgIpc) is 2.96. The Morgan fingerprint density at radius 2 is 2.10 bits per heavy atom. The van der Waals surface area contributed by atoms with Gasteiger partial charge in [0.2, 0.25) is 11.8 Å². The smallest absolute Gasteiger partial charge is 0.242 e. The normalized spacial score (nSPS) is 17.6. The number of nitrogens with one attached hydrogen (secondary N) is 1. The molecule has 104 valence electrons. The monoisotopic (exact) mass is 271 g/mol. The zero-order chi connectivity index (χ0) is 14.5. The summed E-state index contributed by atoms with van der Waals surface area (Å²) in [4.78, 5) is 25.7. The van der Waals surface area contributed by atoms with Gasteiger partial charge in [-0.2, -0.15) is 5.26 Å². The van der Waals surface area contributed by atoms with Crippen LogP contribution in [-0.4, -0.2) is 36.3 Å². The topological polar surface area (TPSA) is 73.2 Å². The Kier molecular flexibility index (Phi) is 4.36. The molecule has 1 unspecified atom stereocenters. The van der Waals surface area contributed by atoms with E-state index in [0.717, 1.165) is 18.4 Å². The van der Waals surface area contributed by atoms with E-state index < -0.39 is 0 Å². The molecule has 1 aliphatic rings. The number of hydrogen-bond donors (Lipinski definition) is 1. The van der Waals surface area contributed by atoms with Crippen molar-refractivity contribution in [2.75, 3.05) is 13.6 Å². The molecule has 0 spiro atoms. The molecule has 0 saturated carbocycles. The van der Waals surface area contributed by atoms with E-state index in [1.807, 2.05) is 6.07 Å². The van der Waals surface area contributed by atoms with Gasteiger partial charge in [0.25, 0.3) is 0 Å². The first-order valence-corrected chi connectivity index (χ1v) is 6.66. The van der Waals surface area contributed by atoms with Crippen LogP contribution in [0.5, 0.6) is 0 Å². The Labute approximate surface area is 118 Å². The van der Waals surface area contributed by atoms with Crippen LogP contribution in [-0.2, 0) is 16.0 Å². The highest BCUT2D eigenvalue weighted by molar-refractivity contribution is 5.88. The Bertz CT molecular complexity index is 545. The Balaban J connectivity index is 2.03. The number of carbonyl (C=O) groups excluding carboxylic acids is 2. The SMILES string of the molecule is CNC(=O)C1CCCN1C(=O)Cc1ccc(C#N)cc1. The van der Waals surface area contributed by atoms with Crippen molar-refractivity contribution < 1.29 is 9.59 Å². The molecule has 1 heterocycles. The number of amides is 2. The van der Waals surface area contributed by atoms with Gasteiger partial charge in [0.15, 0.2) is 0 Å². The lowest BCUT2D eigenvalue weighted by Gasteiger charge is -2.23. The lowest BCUT2D eigenvalue weighted by molar-refractivity contribution is -0.137. The number of nitriles is 1. The molecule has 1 fully saturated rings. The molecule has 0 aromatic heterocycles. The van der Waals surface area contributed by atoms with Gasteiger partial charge in [0.05, 0.1) is 18.1 Å². The van der Waals surface area contributed by atoms with Crippen LogP contribution in [0.2, 0.25) is 0 Å². The van der Waals surface area contributed by atoms with Crippen LogP contribution in [0, 0.1) is 11.3 Å². The van der Waals surface area contributed by atoms with E-state index in [1.165, 1.54) is 0 Å². The maximum Gasteiger partial charge on any atom is 0.242 e. The summed E-state index contributed by atoms with van der Waals surface area (Å²) in [5, 5.41) is 11.3. The van der Waals surface area contributed by atoms with Crippen LogP contribution in [0.4, 0.5) is 0 Å². The predicted molar refractivity (Wildman–Crippen MR) is 73.7 cm³/mol. The van der Waals surface area contributed by atoms with Gasteiger partial charge in [-0.05, 0) is 30.5 Å². The molecule has 0 bridgehead atoms. The molecule has 1 aromatic rings. The van der Waals surface area contributed by atoms with Gasteiger partial charge in [-0.15, -0.1) is 0 Å². The molecule has 0 aliphatic carbocycles. The quantitative estimate of drug-likeness (QED) is 0.885. The van der Waals surface area contributed by atoms with Gasteiger partial charge in [-0.25, -0.2) is 0 Å². The maximum absolute atomic E-state index is 12.3. The van der Waals surface area contributed by atoms with Gasteiger partial charge in [-0.1, -0.05) is 12.1 Å². The molecular formula is C15H17N3O2. The molecule has 2 amide bonds. The van der Waals surface area contributed by atoms with Crippen molar-refractivity contribution in [3.05, 3.63) is 35.4 Å². The second-order valence-electron chi connectivity index (χ2n) is 4.84. The van der Waals surface area contributed by atoms with Crippen LogP contribution < -0.4 is 5.32 Å². The molecule has 1 atom stereocenters. The van der Waals surface area contributed by atoms with E-state index in [9.17, 15) is 9.59 Å². The zero-order valence-corrected chi connectivity index (χ0v) is 11.4. The molecule has 5 heteroatoms. The van der Waals surface area contributed by atoms with Crippen molar-refractivity contribution in [3.8, 4) is 6.07 Å². The molecule has 20 heavy (non-hydrogen) atoms. The third-order valence-electron chi connectivity index (χ3n) is 3.56. The van der Waals surface area contributed by atoms with Crippen molar-refractivity contribution in [1.82, 2.24) is 10.2 Å². The molecule has 5 nitrogen and oxygen atoms in total. The van der Waals surface area contributed by atoms with E-state index in [4.69, 9.17) is 5.26 Å². The second kappa shape index (κ2) is 6.20. The number of benzene rings is 1. The fourth-order valence-electron chi connectivity index (χ4n) is 2.48. The van der Waals surface area contributed by atoms with E-state index in [-0.39, 0.29) is 24.3 Å². The number of likely N-dealkylation sites (tertiary alicyclic amines) is 1. The Morgan fingerprint density at radius 3 is 2.70 bits per heavy atom. The Morgan fingerprint density at radius 1 is 1.40 bits per heavy atom. The number of carbonyl (C=O) groups is 2. The van der Waals surface area contributed by atoms with Gasteiger partial charge in [0.1, 0.15) is 6.04 Å². The number of hydrogen-bond acceptors (Lipinski definition) is 3. The number of rotatable bonds is 3. The van der Waals surface area contributed by atoms with Crippen LogP contribution in [0.1, 0.15) is 24.0 Å². The highest BCUT2D eigenvalue weighted by Crippen LogP contribution is 2.19. The lowest BCUT2D eigenvalue weighted by Crippen LogP contribution is -2.45. The summed E-state index contributed by atoms with van der Waals surface area (Å²) in [7, 11) is 1.59. The third-order valence-corrected chi connectivity index (χ3v) is 3.56. The van der Waals surface area contributed by atoms with Gasteiger partial charge >= 0.3 is 0 Å². The minimum Gasteiger partial charge on any atom is -0.357 e. The number of likely N-dealkylation sites (N-methyl/N-ethyl adjacent to an activating group) is 1. The minimum atomic E-state index is -0.342. The maximum atomic E-state index is 12.3. The summed E-state index contributed by atoms with van der Waals surface area (Å²) < 4.78 is 0. The van der Waals surface area contributed by atoms with Crippen molar-refractivity contribution in [3.63, 3.8) is 0 Å². The van der Waals surface area contributed by atoms with Crippen LogP contribution >= 0.6 is 0 Å². The summed E-state index contributed by atoms with van der Waals surface area (Å²) >= 11 is 0. The first-order chi connectivity index (χ1) is 9.65. The molecular weight excluding hydrogens is 254 g/mol. The van der Waals surface area contributed by atoms with Gasteiger partial charge in [0, 0.05) is 13.6 Å². The predicted octanol–water partition coefficient (Wildman–Crippen LogP) is 0.838. The fourth-order valence-corrected chi connectivity index (χ4v) is 2.48. The first-order valence-electron chi connectivity index (χ1n) is 6.66. The van der Waals surface area contributed by atoms with E-state index in [1.54, 1.807) is 36.2 Å². The van der Waals surface area contributed by atoms with Crippen LogP contribution in [0.25, 0.3) is 0 Å². The standard InChI is InChI=1S/C15H17N3O2/c1-17-15(20)13-3-2-8-18(13)14(19)9-11-4-6-12(10-16)7-5-11/h4-7,13H,2-3,8-9H2,1H3,(H,17,20). The average molecular weight is 271 g/mol. The fraction of sp³-hybridized carbons (Fsp3) is 0.400. The van der Waals surface area contributed by atoms with Crippen molar-refractivity contribution in [2.24, 2.45) is 0 Å². The van der Waals surface area contributed by atoms with Gasteiger partial charge < -0.3 is 10.2 Å². The van der Waals surface area contributed by atoms with E-state index in [2.05, 4.69) is 5.32 Å². The summed E-state index contributed by atoms with van der Waals surface area (Å²) in [5.41, 5.74) is 1.43. The van der Waals surface area contributed by atoms with E-state index in [0.29, 0.717) is 12.1 Å². The highest BCUT2D eigenvalue weighted by atomic mass is 16.2. The largest absolute Gasteiger partial charge is 0.357 e. The highest BCUT2D eigenvalue weighted by Gasteiger charge is 2.33. The minimum absolute atomic E-state index is 0.0409. The van der Waals surface area contributed by atoms with Crippen LogP contribution in [0.3, 0.4) is 0 Å². The van der Waals surface area contributed by atoms with Crippen LogP contribution in [0.15, 0.2) is 24.3 Å². The number of nitrogens with zero attached hydrogens (tertiary/aromatic N) is 2. The first kappa shape index (κ1) is 14.1. The molecule has 0 radical (unpaired) electrons. The Hall–Kier alpha value is -2.35. The summed E-state index contributed by atoms with van der Waals surface area (Å²) in [6.07, 6.45) is 1.84. The lowest BCUT2D eigenvalue weighted by atomic mass is 10.1. The summed E-state index contributed by atoms with van der Waals surface area (Å²) in [5.74, 6) is -0.142. The molecule has 1 aromatic carbocycles. The summed E-state index contributed by atoms with van der Waals surface area (Å²) in [6, 6.07) is 8.66. The zero-order valence-electron chi connectivity index (χ0n) is 11.4. The molecule has 1 saturated heterocycles. The van der Waals surface area contributed by atoms with Gasteiger partial charge in [-0.3, -0.25) is 9.59 Å². The summed E-state index contributed by atoms with van der Waals surface area (Å²) in [6.45, 7) is 0.632. The van der Waals surface area contributed by atoms with Crippen molar-refractivity contribution in [1.29, 1.82) is 5.26 Å². The molecule has 2 rings (SSSR count). The van der Waals surface area contributed by atoms with E-state index >= 15 is 0 Å². The second-order valence-corrected chi connectivity index (χ2v) is 4.84. The van der Waals surface area contributed by atoms with Crippen molar-refractivity contribution in [2.45, 2.75) is 25.3 Å². The molecule has 1 N–H and O–H groups in total. The molecule has 1 aliphatic heterocycles. The third kappa shape index (κ3) is 2.97. The van der Waals surface area contributed by atoms with Crippen molar-refractivity contribution >= 4 is 11.8 Å².